The molecule has 0 saturated carbocycles. The molecule has 1 amide bonds. The van der Waals surface area contributed by atoms with Crippen LogP contribution in [-0.2, 0) is 4.74 Å². The van der Waals surface area contributed by atoms with E-state index in [2.05, 4.69) is 5.32 Å². The first-order chi connectivity index (χ1) is 7.99. The van der Waals surface area contributed by atoms with Crippen LogP contribution in [0, 0.1) is 0 Å². The predicted octanol–water partition coefficient (Wildman–Crippen LogP) is 1.29. The Morgan fingerprint density at radius 1 is 1.41 bits per heavy atom. The molecule has 5 nitrogen and oxygen atoms in total. The number of carbonyl (C=O) groups is 1. The summed E-state index contributed by atoms with van der Waals surface area (Å²) in [7, 11) is 0. The normalized spacial score (nSPS) is 32.4. The maximum atomic E-state index is 11.5. The Morgan fingerprint density at radius 3 is 2.71 bits per heavy atom. The summed E-state index contributed by atoms with van der Waals surface area (Å²) >= 11 is 0. The second kappa shape index (κ2) is 4.82. The Hall–Kier alpha value is -0.810. The highest BCUT2D eigenvalue weighted by molar-refractivity contribution is 5.66. The molecule has 2 heterocycles. The van der Waals surface area contributed by atoms with Crippen molar-refractivity contribution in [3.8, 4) is 0 Å². The van der Waals surface area contributed by atoms with E-state index in [1.165, 1.54) is 0 Å². The van der Waals surface area contributed by atoms with Crippen molar-refractivity contribution in [2.45, 2.75) is 50.8 Å². The van der Waals surface area contributed by atoms with Crippen LogP contribution in [0.15, 0.2) is 0 Å². The van der Waals surface area contributed by atoms with Gasteiger partial charge < -0.3 is 20.1 Å². The highest BCUT2D eigenvalue weighted by atomic mass is 16.5. The SMILES string of the molecule is CC1(C)CC(N(C(=O)O)[C@H]2CCNC2)CCO1. The van der Waals surface area contributed by atoms with E-state index in [-0.39, 0.29) is 17.7 Å². The summed E-state index contributed by atoms with van der Waals surface area (Å²) in [5.41, 5.74) is -0.206. The van der Waals surface area contributed by atoms with Crippen molar-refractivity contribution >= 4 is 6.09 Å². The van der Waals surface area contributed by atoms with Gasteiger partial charge in [0.05, 0.1) is 5.60 Å². The van der Waals surface area contributed by atoms with Crippen LogP contribution in [0.1, 0.15) is 33.1 Å². The lowest BCUT2D eigenvalue weighted by Gasteiger charge is -2.42. The van der Waals surface area contributed by atoms with Gasteiger partial charge in [0.2, 0.25) is 0 Å². The smallest absolute Gasteiger partial charge is 0.407 e. The molecule has 2 aliphatic heterocycles. The Kier molecular flexibility index (Phi) is 3.58. The van der Waals surface area contributed by atoms with Crippen LogP contribution in [0.3, 0.4) is 0 Å². The van der Waals surface area contributed by atoms with Gasteiger partial charge >= 0.3 is 6.09 Å². The minimum atomic E-state index is -0.790. The van der Waals surface area contributed by atoms with Crippen molar-refractivity contribution in [1.82, 2.24) is 10.2 Å². The fourth-order valence-electron chi connectivity index (χ4n) is 2.92. The highest BCUT2D eigenvalue weighted by Gasteiger charge is 2.38. The Bertz CT molecular complexity index is 287. The molecule has 5 heteroatoms. The Balaban J connectivity index is 2.07. The average Bonchev–Trinajstić information content (AvgIpc) is 2.69. The summed E-state index contributed by atoms with van der Waals surface area (Å²) in [6, 6.07) is 0.229. The number of rotatable bonds is 2. The second-order valence-electron chi connectivity index (χ2n) is 5.59. The first kappa shape index (κ1) is 12.6. The summed E-state index contributed by atoms with van der Waals surface area (Å²) in [4.78, 5) is 13.1. The van der Waals surface area contributed by atoms with Crippen molar-refractivity contribution in [2.24, 2.45) is 0 Å². The van der Waals surface area contributed by atoms with Gasteiger partial charge in [0, 0.05) is 25.2 Å². The molecule has 2 rings (SSSR count). The summed E-state index contributed by atoms with van der Waals surface area (Å²) in [5.74, 6) is 0. The van der Waals surface area contributed by atoms with E-state index in [1.807, 2.05) is 13.8 Å². The molecule has 17 heavy (non-hydrogen) atoms. The molecule has 2 atom stereocenters. The molecule has 2 fully saturated rings. The maximum absolute atomic E-state index is 11.5. The number of amides is 1. The zero-order valence-corrected chi connectivity index (χ0v) is 10.6. The largest absolute Gasteiger partial charge is 0.465 e. The van der Waals surface area contributed by atoms with Crippen molar-refractivity contribution in [3.63, 3.8) is 0 Å². The first-order valence-electron chi connectivity index (χ1n) is 6.35. The van der Waals surface area contributed by atoms with E-state index in [9.17, 15) is 9.90 Å². The van der Waals surface area contributed by atoms with Crippen LogP contribution in [0.2, 0.25) is 0 Å². The van der Waals surface area contributed by atoms with Gasteiger partial charge in [-0.3, -0.25) is 0 Å². The van der Waals surface area contributed by atoms with Gasteiger partial charge in [-0.05, 0) is 39.7 Å². The molecule has 98 valence electrons. The summed E-state index contributed by atoms with van der Waals surface area (Å²) < 4.78 is 5.65. The molecule has 0 radical (unpaired) electrons. The molecule has 0 aromatic carbocycles. The molecule has 2 aliphatic rings. The maximum Gasteiger partial charge on any atom is 0.407 e. The minimum absolute atomic E-state index is 0.0983. The van der Waals surface area contributed by atoms with E-state index in [0.29, 0.717) is 6.61 Å². The standard InChI is InChI=1S/C12H22N2O3/c1-12(2)7-9(4-6-17-12)14(11(15)16)10-3-5-13-8-10/h9-10,13H,3-8H2,1-2H3,(H,15,16)/t9?,10-/m0/s1. The zero-order chi connectivity index (χ0) is 12.5. The monoisotopic (exact) mass is 242 g/mol. The topological polar surface area (TPSA) is 61.8 Å². The summed E-state index contributed by atoms with van der Waals surface area (Å²) in [6.45, 7) is 6.42. The fourth-order valence-corrected chi connectivity index (χ4v) is 2.92. The highest BCUT2D eigenvalue weighted by Crippen LogP contribution is 2.29. The van der Waals surface area contributed by atoms with Crippen LogP contribution in [0.4, 0.5) is 4.79 Å². The molecule has 0 aromatic heterocycles. The van der Waals surface area contributed by atoms with Crippen molar-refractivity contribution in [3.05, 3.63) is 0 Å². The zero-order valence-electron chi connectivity index (χ0n) is 10.6. The van der Waals surface area contributed by atoms with E-state index >= 15 is 0 Å². The number of hydrogen-bond acceptors (Lipinski definition) is 3. The third kappa shape index (κ3) is 2.90. The van der Waals surface area contributed by atoms with Gasteiger partial charge in [-0.15, -0.1) is 0 Å². The summed E-state index contributed by atoms with van der Waals surface area (Å²) in [5, 5.41) is 12.6. The van der Waals surface area contributed by atoms with Crippen LogP contribution in [-0.4, -0.2) is 53.5 Å². The molecule has 0 aromatic rings. The van der Waals surface area contributed by atoms with Crippen LogP contribution >= 0.6 is 0 Å². The predicted molar refractivity (Wildman–Crippen MR) is 64.2 cm³/mol. The molecule has 2 saturated heterocycles. The number of carboxylic acid groups (broad SMARTS) is 1. The third-order valence-electron chi connectivity index (χ3n) is 3.71. The summed E-state index contributed by atoms with van der Waals surface area (Å²) in [6.07, 6.45) is 1.73. The van der Waals surface area contributed by atoms with E-state index in [1.54, 1.807) is 4.90 Å². The molecule has 1 unspecified atom stereocenters. The molecule has 0 aliphatic carbocycles. The third-order valence-corrected chi connectivity index (χ3v) is 3.71. The number of ether oxygens (including phenoxy) is 1. The van der Waals surface area contributed by atoms with Gasteiger partial charge in [0.25, 0.3) is 0 Å². The van der Waals surface area contributed by atoms with Gasteiger partial charge in [0.1, 0.15) is 0 Å². The van der Waals surface area contributed by atoms with Crippen molar-refractivity contribution < 1.29 is 14.6 Å². The number of nitrogens with zero attached hydrogens (tertiary/aromatic N) is 1. The van der Waals surface area contributed by atoms with Gasteiger partial charge in [-0.1, -0.05) is 0 Å². The molecule has 0 bridgehead atoms. The Morgan fingerprint density at radius 2 is 2.18 bits per heavy atom. The van der Waals surface area contributed by atoms with Gasteiger partial charge in [-0.25, -0.2) is 4.79 Å². The molecular weight excluding hydrogens is 220 g/mol. The van der Waals surface area contributed by atoms with E-state index in [0.717, 1.165) is 32.4 Å². The Labute approximate surface area is 102 Å². The van der Waals surface area contributed by atoms with E-state index in [4.69, 9.17) is 4.74 Å². The lowest BCUT2D eigenvalue weighted by Crippen LogP contribution is -2.52. The number of nitrogens with one attached hydrogen (secondary N) is 1. The number of hydrogen-bond donors (Lipinski definition) is 2. The second-order valence-corrected chi connectivity index (χ2v) is 5.59. The first-order valence-corrected chi connectivity index (χ1v) is 6.35. The van der Waals surface area contributed by atoms with Crippen LogP contribution in [0.5, 0.6) is 0 Å². The minimum Gasteiger partial charge on any atom is -0.465 e. The lowest BCUT2D eigenvalue weighted by atomic mass is 9.92. The average molecular weight is 242 g/mol. The molecule has 2 N–H and O–H groups in total. The van der Waals surface area contributed by atoms with Crippen molar-refractivity contribution in [2.75, 3.05) is 19.7 Å². The van der Waals surface area contributed by atoms with Crippen molar-refractivity contribution in [1.29, 1.82) is 0 Å². The lowest BCUT2D eigenvalue weighted by molar-refractivity contribution is -0.0831. The van der Waals surface area contributed by atoms with Gasteiger partial charge in [0.15, 0.2) is 0 Å². The van der Waals surface area contributed by atoms with Gasteiger partial charge in [-0.2, -0.15) is 0 Å². The molecule has 0 spiro atoms. The quantitative estimate of drug-likeness (QED) is 0.766. The molecular formula is C12H22N2O3. The van der Waals surface area contributed by atoms with Crippen LogP contribution in [0.25, 0.3) is 0 Å². The van der Waals surface area contributed by atoms with Crippen LogP contribution < -0.4 is 5.32 Å². The van der Waals surface area contributed by atoms with E-state index < -0.39 is 6.09 Å². The fraction of sp³-hybridized carbons (Fsp3) is 0.917.